The second-order valence-electron chi connectivity index (χ2n) is 5.42. The highest BCUT2D eigenvalue weighted by Gasteiger charge is 2.21. The van der Waals surface area contributed by atoms with Crippen molar-refractivity contribution < 1.29 is 4.79 Å². The summed E-state index contributed by atoms with van der Waals surface area (Å²) in [7, 11) is 0. The van der Waals surface area contributed by atoms with Crippen LogP contribution >= 0.6 is 0 Å². The number of rotatable bonds is 4. The molecule has 2 rings (SSSR count). The number of piperazine rings is 1. The largest absolute Gasteiger partial charge is 0.397 e. The van der Waals surface area contributed by atoms with Gasteiger partial charge in [0.25, 0.3) is 0 Å². The monoisotopic (exact) mass is 276 g/mol. The predicted octanol–water partition coefficient (Wildman–Crippen LogP) is 1.29. The number of carbonyl (C=O) groups excluding carboxylic acids is 1. The minimum atomic E-state index is -0.440. The molecule has 0 aromatic heterocycles. The Labute approximate surface area is 120 Å². The number of anilines is 2. The fraction of sp³-hybridized carbons (Fsp3) is 0.533. The zero-order chi connectivity index (χ0) is 14.7. The van der Waals surface area contributed by atoms with Crippen LogP contribution < -0.4 is 16.4 Å². The molecule has 1 aliphatic heterocycles. The van der Waals surface area contributed by atoms with Crippen LogP contribution in [-0.4, -0.2) is 43.0 Å². The molecule has 20 heavy (non-hydrogen) atoms. The fourth-order valence-corrected chi connectivity index (χ4v) is 2.66. The average Bonchev–Trinajstić information content (AvgIpc) is 2.46. The van der Waals surface area contributed by atoms with Crippen molar-refractivity contribution in [2.75, 3.05) is 36.8 Å². The van der Waals surface area contributed by atoms with Crippen LogP contribution in [-0.2, 0) is 0 Å². The molecule has 5 nitrogen and oxygen atoms in total. The molecule has 5 heteroatoms. The van der Waals surface area contributed by atoms with Crippen LogP contribution in [0.25, 0.3) is 0 Å². The maximum atomic E-state index is 11.1. The molecule has 1 amide bonds. The second-order valence-corrected chi connectivity index (χ2v) is 5.42. The van der Waals surface area contributed by atoms with E-state index in [9.17, 15) is 4.79 Å². The molecule has 1 atom stereocenters. The summed E-state index contributed by atoms with van der Waals surface area (Å²) in [6.45, 7) is 8.51. The van der Waals surface area contributed by atoms with Gasteiger partial charge in [0.1, 0.15) is 0 Å². The lowest BCUT2D eigenvalue weighted by Crippen LogP contribution is -2.49. The third-order valence-corrected chi connectivity index (χ3v) is 4.18. The highest BCUT2D eigenvalue weighted by Crippen LogP contribution is 2.25. The van der Waals surface area contributed by atoms with Gasteiger partial charge in [-0.25, -0.2) is 0 Å². The molecule has 0 radical (unpaired) electrons. The molecule has 1 fully saturated rings. The molecule has 1 heterocycles. The summed E-state index contributed by atoms with van der Waals surface area (Å²) >= 11 is 0. The van der Waals surface area contributed by atoms with Gasteiger partial charge in [-0.1, -0.05) is 6.92 Å². The highest BCUT2D eigenvalue weighted by molar-refractivity contribution is 5.94. The van der Waals surface area contributed by atoms with E-state index in [0.29, 0.717) is 17.3 Å². The Bertz CT molecular complexity index is 481. The molecule has 110 valence electrons. The molecule has 0 spiro atoms. The Morgan fingerprint density at radius 2 is 1.95 bits per heavy atom. The smallest absolute Gasteiger partial charge is 0.248 e. The van der Waals surface area contributed by atoms with Crippen molar-refractivity contribution in [2.24, 2.45) is 5.73 Å². The second kappa shape index (κ2) is 6.13. The molecule has 1 aromatic rings. The molecule has 4 N–H and O–H groups in total. The number of carbonyl (C=O) groups is 1. The van der Waals surface area contributed by atoms with Crippen LogP contribution in [0.4, 0.5) is 11.4 Å². The Kier molecular flexibility index (Phi) is 4.49. The van der Waals surface area contributed by atoms with Crippen LogP contribution in [0.1, 0.15) is 30.6 Å². The highest BCUT2D eigenvalue weighted by atomic mass is 16.1. The maximum absolute atomic E-state index is 11.1. The molecule has 1 saturated heterocycles. The van der Waals surface area contributed by atoms with Crippen molar-refractivity contribution in [3.8, 4) is 0 Å². The van der Waals surface area contributed by atoms with Crippen molar-refractivity contribution >= 4 is 17.3 Å². The summed E-state index contributed by atoms with van der Waals surface area (Å²) in [5.74, 6) is -0.440. The molecule has 0 bridgehead atoms. The number of nitrogens with two attached hydrogens (primary N) is 2. The topological polar surface area (TPSA) is 75.6 Å². The van der Waals surface area contributed by atoms with Crippen LogP contribution in [0.2, 0.25) is 0 Å². The number of hydrogen-bond donors (Lipinski definition) is 2. The lowest BCUT2D eigenvalue weighted by atomic mass is 10.1. The van der Waals surface area contributed by atoms with Crippen LogP contribution in [0.15, 0.2) is 18.2 Å². The standard InChI is InChI=1S/C15H24N4O/c1-3-11(2)18-6-8-19(9-7-18)14-5-4-12(15(17)20)10-13(14)16/h4-5,10-11H,3,6-9,16H2,1-2H3,(H2,17,20). The SMILES string of the molecule is CCC(C)N1CCN(c2ccc(C(N)=O)cc2N)CC1. The summed E-state index contributed by atoms with van der Waals surface area (Å²) in [4.78, 5) is 15.9. The Morgan fingerprint density at radius 1 is 1.30 bits per heavy atom. The first-order valence-electron chi connectivity index (χ1n) is 7.21. The van der Waals surface area contributed by atoms with Crippen molar-refractivity contribution in [1.29, 1.82) is 0 Å². The van der Waals surface area contributed by atoms with E-state index in [2.05, 4.69) is 23.6 Å². The van der Waals surface area contributed by atoms with Gasteiger partial charge in [0.05, 0.1) is 11.4 Å². The molecular weight excluding hydrogens is 252 g/mol. The van der Waals surface area contributed by atoms with Crippen molar-refractivity contribution in [1.82, 2.24) is 4.90 Å². The van der Waals surface area contributed by atoms with Gasteiger partial charge in [0.15, 0.2) is 0 Å². The van der Waals surface area contributed by atoms with Gasteiger partial charge in [0.2, 0.25) is 5.91 Å². The number of nitrogen functional groups attached to an aromatic ring is 1. The van der Waals surface area contributed by atoms with E-state index in [0.717, 1.165) is 31.9 Å². The zero-order valence-corrected chi connectivity index (χ0v) is 12.3. The third-order valence-electron chi connectivity index (χ3n) is 4.18. The molecule has 0 saturated carbocycles. The van der Waals surface area contributed by atoms with E-state index in [1.165, 1.54) is 6.42 Å². The van der Waals surface area contributed by atoms with Crippen molar-refractivity contribution in [3.05, 3.63) is 23.8 Å². The molecule has 0 aliphatic carbocycles. The number of primary amides is 1. The first-order valence-corrected chi connectivity index (χ1v) is 7.21. The first kappa shape index (κ1) is 14.7. The predicted molar refractivity (Wildman–Crippen MR) is 82.9 cm³/mol. The lowest BCUT2D eigenvalue weighted by molar-refractivity contribution is 0.100. The zero-order valence-electron chi connectivity index (χ0n) is 12.3. The van der Waals surface area contributed by atoms with Gasteiger partial charge in [0, 0.05) is 37.8 Å². The van der Waals surface area contributed by atoms with Gasteiger partial charge < -0.3 is 16.4 Å². The van der Waals surface area contributed by atoms with Crippen molar-refractivity contribution in [2.45, 2.75) is 26.3 Å². The van der Waals surface area contributed by atoms with E-state index in [1.54, 1.807) is 12.1 Å². The van der Waals surface area contributed by atoms with Gasteiger partial charge in [-0.2, -0.15) is 0 Å². The van der Waals surface area contributed by atoms with Crippen LogP contribution in [0, 0.1) is 0 Å². The Balaban J connectivity index is 2.05. The third kappa shape index (κ3) is 3.04. The van der Waals surface area contributed by atoms with E-state index < -0.39 is 5.91 Å². The molecule has 1 aliphatic rings. The minimum Gasteiger partial charge on any atom is -0.397 e. The normalized spacial score (nSPS) is 18.0. The average molecular weight is 276 g/mol. The van der Waals surface area contributed by atoms with Crippen LogP contribution in [0.3, 0.4) is 0 Å². The molecule has 1 unspecified atom stereocenters. The molecular formula is C15H24N4O. The van der Waals surface area contributed by atoms with Gasteiger partial charge >= 0.3 is 0 Å². The lowest BCUT2D eigenvalue weighted by Gasteiger charge is -2.39. The number of amides is 1. The molecule has 1 aromatic carbocycles. The first-order chi connectivity index (χ1) is 9.52. The van der Waals surface area contributed by atoms with Gasteiger partial charge in [-0.05, 0) is 31.5 Å². The van der Waals surface area contributed by atoms with E-state index in [4.69, 9.17) is 11.5 Å². The van der Waals surface area contributed by atoms with Gasteiger partial charge in [-0.15, -0.1) is 0 Å². The fourth-order valence-electron chi connectivity index (χ4n) is 2.66. The summed E-state index contributed by atoms with van der Waals surface area (Å²) in [5.41, 5.74) is 13.4. The number of hydrogen-bond acceptors (Lipinski definition) is 4. The quantitative estimate of drug-likeness (QED) is 0.813. The summed E-state index contributed by atoms with van der Waals surface area (Å²) in [6, 6.07) is 5.94. The Hall–Kier alpha value is -1.75. The van der Waals surface area contributed by atoms with Gasteiger partial charge in [-0.3, -0.25) is 9.69 Å². The van der Waals surface area contributed by atoms with Crippen molar-refractivity contribution in [3.63, 3.8) is 0 Å². The maximum Gasteiger partial charge on any atom is 0.248 e. The Morgan fingerprint density at radius 3 is 2.45 bits per heavy atom. The minimum absolute atomic E-state index is 0.440. The number of benzene rings is 1. The van der Waals surface area contributed by atoms with Crippen LogP contribution in [0.5, 0.6) is 0 Å². The summed E-state index contributed by atoms with van der Waals surface area (Å²) in [5, 5.41) is 0. The van der Waals surface area contributed by atoms with E-state index in [1.807, 2.05) is 6.07 Å². The van der Waals surface area contributed by atoms with E-state index in [-0.39, 0.29) is 0 Å². The number of nitrogens with zero attached hydrogens (tertiary/aromatic N) is 2. The summed E-state index contributed by atoms with van der Waals surface area (Å²) in [6.07, 6.45) is 1.18. The van der Waals surface area contributed by atoms with E-state index >= 15 is 0 Å². The summed E-state index contributed by atoms with van der Waals surface area (Å²) < 4.78 is 0.